The summed E-state index contributed by atoms with van der Waals surface area (Å²) in [6.45, 7) is 9.19. The number of rotatable bonds is 5. The molecule has 0 aromatic rings. The lowest BCUT2D eigenvalue weighted by molar-refractivity contribution is -0.138. The molecule has 1 N–H and O–H groups in total. The number of carbonyl (C=O) groups excluding carboxylic acids is 2. The molecule has 6 heteroatoms. The zero-order valence-electron chi connectivity index (χ0n) is 11.8. The number of nitrogens with one attached hydrogen (secondary N) is 1. The Morgan fingerprint density at radius 1 is 1.35 bits per heavy atom. The summed E-state index contributed by atoms with van der Waals surface area (Å²) in [5, 5.41) is 2.70. The third kappa shape index (κ3) is 4.05. The van der Waals surface area contributed by atoms with Crippen LogP contribution in [0.1, 0.15) is 12.8 Å². The molecule has 2 amide bonds. The Morgan fingerprint density at radius 2 is 2.10 bits per heavy atom. The van der Waals surface area contributed by atoms with Gasteiger partial charge in [-0.1, -0.05) is 6.58 Å². The molecule has 6 nitrogen and oxygen atoms in total. The van der Waals surface area contributed by atoms with Crippen molar-refractivity contribution in [3.63, 3.8) is 0 Å². The monoisotopic (exact) mass is 281 g/mol. The standard InChI is InChI=1S/C14H23N3O3/c1-2-13(18)15-12-4-3-5-17(14(12)19)7-6-16-8-10-20-11-9-16/h2,12H,1,3-11H2,(H,15,18). The fourth-order valence-electron chi connectivity index (χ4n) is 2.61. The minimum absolute atomic E-state index is 0.0275. The first kappa shape index (κ1) is 15.0. The molecular formula is C14H23N3O3. The van der Waals surface area contributed by atoms with Crippen molar-refractivity contribution in [1.82, 2.24) is 15.1 Å². The van der Waals surface area contributed by atoms with Crippen LogP contribution in [-0.4, -0.2) is 73.6 Å². The maximum Gasteiger partial charge on any atom is 0.245 e. The minimum Gasteiger partial charge on any atom is -0.379 e. The molecule has 2 aliphatic heterocycles. The topological polar surface area (TPSA) is 61.9 Å². The number of piperidine rings is 1. The first-order valence-corrected chi connectivity index (χ1v) is 7.22. The van der Waals surface area contributed by atoms with Gasteiger partial charge in [0.25, 0.3) is 0 Å². The van der Waals surface area contributed by atoms with E-state index in [1.165, 1.54) is 6.08 Å². The Balaban J connectivity index is 1.79. The van der Waals surface area contributed by atoms with E-state index in [2.05, 4.69) is 16.8 Å². The second kappa shape index (κ2) is 7.40. The van der Waals surface area contributed by atoms with Crippen molar-refractivity contribution in [3.8, 4) is 0 Å². The van der Waals surface area contributed by atoms with Gasteiger partial charge in [-0.15, -0.1) is 0 Å². The van der Waals surface area contributed by atoms with E-state index in [1.54, 1.807) is 0 Å². The average molecular weight is 281 g/mol. The van der Waals surface area contributed by atoms with Crippen LogP contribution in [0.4, 0.5) is 0 Å². The summed E-state index contributed by atoms with van der Waals surface area (Å²) < 4.78 is 5.31. The van der Waals surface area contributed by atoms with Gasteiger partial charge in [0, 0.05) is 32.7 Å². The van der Waals surface area contributed by atoms with Crippen molar-refractivity contribution in [2.45, 2.75) is 18.9 Å². The molecule has 0 aromatic heterocycles. The van der Waals surface area contributed by atoms with Crippen molar-refractivity contribution < 1.29 is 14.3 Å². The maximum absolute atomic E-state index is 12.3. The predicted molar refractivity (Wildman–Crippen MR) is 75.2 cm³/mol. The van der Waals surface area contributed by atoms with Gasteiger partial charge in [-0.25, -0.2) is 0 Å². The van der Waals surface area contributed by atoms with Gasteiger partial charge in [-0.2, -0.15) is 0 Å². The van der Waals surface area contributed by atoms with Gasteiger partial charge < -0.3 is 15.0 Å². The summed E-state index contributed by atoms with van der Waals surface area (Å²) >= 11 is 0. The highest BCUT2D eigenvalue weighted by Crippen LogP contribution is 2.12. The number of hydrogen-bond donors (Lipinski definition) is 1. The molecule has 2 fully saturated rings. The summed E-state index contributed by atoms with van der Waals surface area (Å²) in [6, 6.07) is -0.390. The van der Waals surface area contributed by atoms with Crippen LogP contribution in [0.3, 0.4) is 0 Å². The summed E-state index contributed by atoms with van der Waals surface area (Å²) in [5.74, 6) is -0.252. The Hall–Kier alpha value is -1.40. The highest BCUT2D eigenvalue weighted by molar-refractivity contribution is 5.92. The zero-order chi connectivity index (χ0) is 14.4. The number of likely N-dealkylation sites (tertiary alicyclic amines) is 1. The van der Waals surface area contributed by atoms with Crippen LogP contribution in [0.2, 0.25) is 0 Å². The molecule has 0 aliphatic carbocycles. The molecule has 1 unspecified atom stereocenters. The number of ether oxygens (including phenoxy) is 1. The fourth-order valence-corrected chi connectivity index (χ4v) is 2.61. The van der Waals surface area contributed by atoms with Gasteiger partial charge >= 0.3 is 0 Å². The molecule has 2 rings (SSSR count). The molecule has 2 saturated heterocycles. The molecule has 0 spiro atoms. The Bertz CT molecular complexity index is 367. The summed E-state index contributed by atoms with van der Waals surface area (Å²) in [4.78, 5) is 27.8. The summed E-state index contributed by atoms with van der Waals surface area (Å²) in [7, 11) is 0. The lowest BCUT2D eigenvalue weighted by Gasteiger charge is -2.35. The first-order valence-electron chi connectivity index (χ1n) is 7.22. The van der Waals surface area contributed by atoms with Crippen molar-refractivity contribution >= 4 is 11.8 Å². The van der Waals surface area contributed by atoms with E-state index >= 15 is 0 Å². The van der Waals surface area contributed by atoms with Crippen LogP contribution < -0.4 is 5.32 Å². The minimum atomic E-state index is -0.390. The molecule has 0 saturated carbocycles. The fraction of sp³-hybridized carbons (Fsp3) is 0.714. The number of morpholine rings is 1. The molecule has 2 heterocycles. The smallest absolute Gasteiger partial charge is 0.245 e. The molecule has 112 valence electrons. The predicted octanol–water partition coefficient (Wildman–Crippen LogP) is -0.388. The molecule has 0 radical (unpaired) electrons. The lowest BCUT2D eigenvalue weighted by Crippen LogP contribution is -2.53. The van der Waals surface area contributed by atoms with Crippen molar-refractivity contribution in [3.05, 3.63) is 12.7 Å². The molecule has 1 atom stereocenters. The van der Waals surface area contributed by atoms with Crippen LogP contribution >= 0.6 is 0 Å². The quantitative estimate of drug-likeness (QED) is 0.697. The molecule has 0 bridgehead atoms. The molecular weight excluding hydrogens is 258 g/mol. The van der Waals surface area contributed by atoms with Crippen LogP contribution in [-0.2, 0) is 14.3 Å². The van der Waals surface area contributed by atoms with E-state index in [1.807, 2.05) is 4.90 Å². The van der Waals surface area contributed by atoms with Gasteiger partial charge in [-0.3, -0.25) is 14.5 Å². The molecule has 2 aliphatic rings. The van der Waals surface area contributed by atoms with E-state index in [0.717, 1.165) is 52.4 Å². The van der Waals surface area contributed by atoms with Crippen LogP contribution in [0.15, 0.2) is 12.7 Å². The van der Waals surface area contributed by atoms with Gasteiger partial charge in [0.1, 0.15) is 6.04 Å². The normalized spacial score (nSPS) is 24.5. The van der Waals surface area contributed by atoms with E-state index in [9.17, 15) is 9.59 Å². The van der Waals surface area contributed by atoms with E-state index < -0.39 is 0 Å². The van der Waals surface area contributed by atoms with E-state index in [4.69, 9.17) is 4.74 Å². The molecule has 20 heavy (non-hydrogen) atoms. The van der Waals surface area contributed by atoms with Crippen molar-refractivity contribution in [2.24, 2.45) is 0 Å². The van der Waals surface area contributed by atoms with Gasteiger partial charge in [0.2, 0.25) is 11.8 Å². The van der Waals surface area contributed by atoms with Gasteiger partial charge in [0.15, 0.2) is 0 Å². The summed E-state index contributed by atoms with van der Waals surface area (Å²) in [6.07, 6.45) is 2.85. The third-order valence-electron chi connectivity index (χ3n) is 3.82. The SMILES string of the molecule is C=CC(=O)NC1CCCN(CCN2CCOCC2)C1=O. The lowest BCUT2D eigenvalue weighted by atomic mass is 10.0. The third-order valence-corrected chi connectivity index (χ3v) is 3.82. The van der Waals surface area contributed by atoms with E-state index in [-0.39, 0.29) is 17.9 Å². The first-order chi connectivity index (χ1) is 9.70. The summed E-state index contributed by atoms with van der Waals surface area (Å²) in [5.41, 5.74) is 0. The zero-order valence-corrected chi connectivity index (χ0v) is 11.8. The van der Waals surface area contributed by atoms with Crippen LogP contribution in [0, 0.1) is 0 Å². The van der Waals surface area contributed by atoms with Crippen molar-refractivity contribution in [2.75, 3.05) is 45.9 Å². The largest absolute Gasteiger partial charge is 0.379 e. The van der Waals surface area contributed by atoms with Crippen LogP contribution in [0.5, 0.6) is 0 Å². The maximum atomic E-state index is 12.3. The number of nitrogens with zero attached hydrogens (tertiary/aromatic N) is 2. The average Bonchev–Trinajstić information content (AvgIpc) is 2.49. The highest BCUT2D eigenvalue weighted by atomic mass is 16.5. The van der Waals surface area contributed by atoms with Crippen molar-refractivity contribution in [1.29, 1.82) is 0 Å². The Labute approximate surface area is 119 Å². The second-order valence-corrected chi connectivity index (χ2v) is 5.19. The van der Waals surface area contributed by atoms with Gasteiger partial charge in [0.05, 0.1) is 13.2 Å². The number of amides is 2. The van der Waals surface area contributed by atoms with Gasteiger partial charge in [-0.05, 0) is 18.9 Å². The Kier molecular flexibility index (Phi) is 5.55. The second-order valence-electron chi connectivity index (χ2n) is 5.19. The molecule has 0 aromatic carbocycles. The highest BCUT2D eigenvalue weighted by Gasteiger charge is 2.29. The number of carbonyl (C=O) groups is 2. The van der Waals surface area contributed by atoms with E-state index in [0.29, 0.717) is 6.42 Å². The van der Waals surface area contributed by atoms with Crippen LogP contribution in [0.25, 0.3) is 0 Å². The Morgan fingerprint density at radius 3 is 2.80 bits per heavy atom. The number of hydrogen-bond acceptors (Lipinski definition) is 4.